The Hall–Kier alpha value is -1.80. The zero-order valence-electron chi connectivity index (χ0n) is 13.8. The standard InChI is InChI=1S/C16H20N4O3S/c1-9(2)14-18-19-15(23-14)11-7-20(5-6-22-11)16(21)13-12(10-3-4-10)17-8-24-13/h8-11H,3-7H2,1-2H3/t11-/m0/s1. The van der Waals surface area contributed by atoms with E-state index in [1.165, 1.54) is 11.3 Å². The SMILES string of the molecule is CC(C)c1nnc([C@@H]2CN(C(=O)c3scnc3C3CC3)CCO2)o1. The maximum absolute atomic E-state index is 12.9. The minimum atomic E-state index is -0.361. The van der Waals surface area contributed by atoms with Crippen LogP contribution in [0.4, 0.5) is 0 Å². The highest BCUT2D eigenvalue weighted by atomic mass is 32.1. The largest absolute Gasteiger partial charge is 0.422 e. The molecule has 24 heavy (non-hydrogen) atoms. The highest BCUT2D eigenvalue weighted by molar-refractivity contribution is 7.11. The number of carbonyl (C=O) groups is 1. The molecule has 2 aromatic rings. The second-order valence-corrected chi connectivity index (χ2v) is 7.44. The second kappa shape index (κ2) is 6.25. The van der Waals surface area contributed by atoms with Gasteiger partial charge in [0, 0.05) is 18.4 Å². The molecule has 2 fully saturated rings. The lowest BCUT2D eigenvalue weighted by atomic mass is 10.2. The van der Waals surface area contributed by atoms with Gasteiger partial charge in [-0.1, -0.05) is 13.8 Å². The summed E-state index contributed by atoms with van der Waals surface area (Å²) in [6.45, 7) is 5.46. The summed E-state index contributed by atoms with van der Waals surface area (Å²) in [6.07, 6.45) is 1.91. The number of ether oxygens (including phenoxy) is 1. The average molecular weight is 348 g/mol. The summed E-state index contributed by atoms with van der Waals surface area (Å²) in [5.74, 6) is 1.72. The topological polar surface area (TPSA) is 81.4 Å². The van der Waals surface area contributed by atoms with Gasteiger partial charge in [-0.15, -0.1) is 21.5 Å². The minimum Gasteiger partial charge on any atom is -0.422 e. The molecule has 2 aromatic heterocycles. The monoisotopic (exact) mass is 348 g/mol. The average Bonchev–Trinajstić information content (AvgIpc) is 3.13. The van der Waals surface area contributed by atoms with Crippen LogP contribution in [-0.4, -0.2) is 45.7 Å². The molecule has 2 aliphatic rings. The molecular weight excluding hydrogens is 328 g/mol. The lowest BCUT2D eigenvalue weighted by molar-refractivity contribution is -0.0350. The summed E-state index contributed by atoms with van der Waals surface area (Å²) >= 11 is 1.43. The molecule has 3 heterocycles. The number of nitrogens with zero attached hydrogens (tertiary/aromatic N) is 4. The number of carbonyl (C=O) groups excluding carboxylic acids is 1. The van der Waals surface area contributed by atoms with E-state index in [1.807, 2.05) is 18.7 Å². The van der Waals surface area contributed by atoms with Crippen molar-refractivity contribution in [1.82, 2.24) is 20.1 Å². The summed E-state index contributed by atoms with van der Waals surface area (Å²) in [5, 5.41) is 8.13. The Labute approximate surface area is 144 Å². The smallest absolute Gasteiger partial charge is 0.266 e. The molecule has 4 rings (SSSR count). The molecular formula is C16H20N4O3S. The van der Waals surface area contributed by atoms with Crippen molar-refractivity contribution in [3.63, 3.8) is 0 Å². The third-order valence-corrected chi connectivity index (χ3v) is 5.16. The molecule has 0 radical (unpaired) electrons. The number of aromatic nitrogens is 3. The molecule has 8 heteroatoms. The van der Waals surface area contributed by atoms with Crippen LogP contribution in [-0.2, 0) is 4.74 Å². The van der Waals surface area contributed by atoms with Gasteiger partial charge >= 0.3 is 0 Å². The van der Waals surface area contributed by atoms with Gasteiger partial charge in [-0.05, 0) is 12.8 Å². The Morgan fingerprint density at radius 3 is 2.92 bits per heavy atom. The van der Waals surface area contributed by atoms with E-state index in [9.17, 15) is 4.79 Å². The van der Waals surface area contributed by atoms with E-state index in [4.69, 9.17) is 9.15 Å². The molecule has 1 aliphatic carbocycles. The summed E-state index contributed by atoms with van der Waals surface area (Å²) in [6, 6.07) is 0. The van der Waals surface area contributed by atoms with Gasteiger partial charge < -0.3 is 14.1 Å². The lowest BCUT2D eigenvalue weighted by Crippen LogP contribution is -2.42. The first-order chi connectivity index (χ1) is 11.6. The minimum absolute atomic E-state index is 0.0382. The Bertz CT molecular complexity index is 737. The van der Waals surface area contributed by atoms with Gasteiger partial charge in [0.1, 0.15) is 4.88 Å². The summed E-state index contributed by atoms with van der Waals surface area (Å²) < 4.78 is 11.4. The van der Waals surface area contributed by atoms with E-state index in [1.54, 1.807) is 5.51 Å². The Kier molecular flexibility index (Phi) is 4.09. The van der Waals surface area contributed by atoms with E-state index in [0.29, 0.717) is 37.4 Å². The normalized spacial score (nSPS) is 21.5. The zero-order valence-corrected chi connectivity index (χ0v) is 14.6. The second-order valence-electron chi connectivity index (χ2n) is 6.58. The Morgan fingerprint density at radius 1 is 1.38 bits per heavy atom. The van der Waals surface area contributed by atoms with Crippen molar-refractivity contribution in [2.75, 3.05) is 19.7 Å². The molecule has 0 aromatic carbocycles. The number of rotatable bonds is 4. The van der Waals surface area contributed by atoms with Crippen molar-refractivity contribution < 1.29 is 13.9 Å². The van der Waals surface area contributed by atoms with E-state index in [0.717, 1.165) is 23.4 Å². The van der Waals surface area contributed by atoms with Crippen molar-refractivity contribution in [2.45, 2.75) is 44.6 Å². The fraction of sp³-hybridized carbons (Fsp3) is 0.625. The van der Waals surface area contributed by atoms with Crippen LogP contribution in [0.1, 0.15) is 71.8 Å². The molecule has 7 nitrogen and oxygen atoms in total. The van der Waals surface area contributed by atoms with Gasteiger partial charge in [0.15, 0.2) is 6.10 Å². The van der Waals surface area contributed by atoms with Crippen LogP contribution in [0.25, 0.3) is 0 Å². The van der Waals surface area contributed by atoms with Crippen molar-refractivity contribution in [1.29, 1.82) is 0 Å². The molecule has 1 atom stereocenters. The van der Waals surface area contributed by atoms with Crippen molar-refractivity contribution in [2.24, 2.45) is 0 Å². The van der Waals surface area contributed by atoms with Gasteiger partial charge in [0.05, 0.1) is 24.4 Å². The molecule has 1 aliphatic heterocycles. The van der Waals surface area contributed by atoms with Crippen LogP contribution in [0.5, 0.6) is 0 Å². The van der Waals surface area contributed by atoms with Gasteiger partial charge in [0.2, 0.25) is 11.8 Å². The maximum atomic E-state index is 12.9. The molecule has 0 N–H and O–H groups in total. The van der Waals surface area contributed by atoms with Gasteiger partial charge in [-0.2, -0.15) is 0 Å². The van der Waals surface area contributed by atoms with Gasteiger partial charge in [-0.25, -0.2) is 4.98 Å². The fourth-order valence-electron chi connectivity index (χ4n) is 2.80. The van der Waals surface area contributed by atoms with Crippen molar-refractivity contribution >= 4 is 17.2 Å². The van der Waals surface area contributed by atoms with E-state index in [-0.39, 0.29) is 17.9 Å². The Balaban J connectivity index is 1.49. The first kappa shape index (κ1) is 15.7. The number of hydrogen-bond donors (Lipinski definition) is 0. The van der Waals surface area contributed by atoms with E-state index in [2.05, 4.69) is 15.2 Å². The predicted molar refractivity (Wildman–Crippen MR) is 87.1 cm³/mol. The van der Waals surface area contributed by atoms with Crippen molar-refractivity contribution in [3.05, 3.63) is 27.9 Å². The van der Waals surface area contributed by atoms with Gasteiger partial charge in [0.25, 0.3) is 5.91 Å². The van der Waals surface area contributed by atoms with Crippen LogP contribution in [0.2, 0.25) is 0 Å². The van der Waals surface area contributed by atoms with E-state index < -0.39 is 0 Å². The van der Waals surface area contributed by atoms with Crippen LogP contribution in [0, 0.1) is 0 Å². The number of thiazole rings is 1. The van der Waals surface area contributed by atoms with Crippen LogP contribution < -0.4 is 0 Å². The maximum Gasteiger partial charge on any atom is 0.266 e. The number of morpholine rings is 1. The summed E-state index contributed by atoms with van der Waals surface area (Å²) in [7, 11) is 0. The summed E-state index contributed by atoms with van der Waals surface area (Å²) in [4.78, 5) is 19.9. The first-order valence-electron chi connectivity index (χ1n) is 8.31. The molecule has 1 saturated heterocycles. The lowest BCUT2D eigenvalue weighted by Gasteiger charge is -2.31. The molecule has 1 saturated carbocycles. The highest BCUT2D eigenvalue weighted by Crippen LogP contribution is 2.42. The number of amides is 1. The van der Waals surface area contributed by atoms with Crippen LogP contribution >= 0.6 is 11.3 Å². The van der Waals surface area contributed by atoms with Gasteiger partial charge in [-0.3, -0.25) is 4.79 Å². The molecule has 1 amide bonds. The molecule has 128 valence electrons. The number of hydrogen-bond acceptors (Lipinski definition) is 7. The zero-order chi connectivity index (χ0) is 16.7. The highest BCUT2D eigenvalue weighted by Gasteiger charge is 2.35. The van der Waals surface area contributed by atoms with Crippen molar-refractivity contribution in [3.8, 4) is 0 Å². The van der Waals surface area contributed by atoms with Crippen LogP contribution in [0.15, 0.2) is 9.93 Å². The summed E-state index contributed by atoms with van der Waals surface area (Å²) in [5.41, 5.74) is 2.74. The Morgan fingerprint density at radius 2 is 2.21 bits per heavy atom. The third-order valence-electron chi connectivity index (χ3n) is 4.33. The predicted octanol–water partition coefficient (Wildman–Crippen LogP) is 2.74. The van der Waals surface area contributed by atoms with E-state index >= 15 is 0 Å². The first-order valence-corrected chi connectivity index (χ1v) is 9.19. The third kappa shape index (κ3) is 2.95. The van der Waals surface area contributed by atoms with Crippen LogP contribution in [0.3, 0.4) is 0 Å². The molecule has 0 bridgehead atoms. The molecule has 0 unspecified atom stereocenters. The fourth-order valence-corrected chi connectivity index (χ4v) is 3.64. The quantitative estimate of drug-likeness (QED) is 0.845. The molecule has 0 spiro atoms.